The number of carbonyl (C=O) groups is 2. The van der Waals surface area contributed by atoms with Gasteiger partial charge < -0.3 is 4.74 Å². The van der Waals surface area contributed by atoms with E-state index in [0.717, 1.165) is 6.07 Å². The maximum atomic E-state index is 11.1. The van der Waals surface area contributed by atoms with E-state index in [4.69, 9.17) is 4.74 Å². The fourth-order valence-electron chi connectivity index (χ4n) is 1.03. The zero-order valence-electron chi connectivity index (χ0n) is 8.50. The first-order chi connectivity index (χ1) is 7.49. The molecule has 0 aliphatic heterocycles. The minimum absolute atomic E-state index is 0.0560. The Morgan fingerprint density at radius 2 is 2.12 bits per heavy atom. The first-order valence-corrected chi connectivity index (χ1v) is 4.43. The summed E-state index contributed by atoms with van der Waals surface area (Å²) in [6, 6.07) is 5.21. The Bertz CT molecular complexity index is 441. The van der Waals surface area contributed by atoms with Gasteiger partial charge in [0.25, 0.3) is 5.69 Å². The Hall–Kier alpha value is -2.24. The molecule has 0 heterocycles. The third-order valence-corrected chi connectivity index (χ3v) is 1.65. The lowest BCUT2D eigenvalue weighted by Crippen LogP contribution is -2.11. The lowest BCUT2D eigenvalue weighted by atomic mass is 10.3. The topological polar surface area (TPSA) is 86.5 Å². The number of nitrogens with zero attached hydrogens (tertiary/aromatic N) is 1. The standard InChI is InChI=1S/C10H9NO5/c1-7(12)5-10(13)16-9-4-2-3-8(6-9)11(14)15/h2-4,6H,5H2,1H3. The summed E-state index contributed by atoms with van der Waals surface area (Å²) < 4.78 is 4.75. The highest BCUT2D eigenvalue weighted by Crippen LogP contribution is 2.19. The molecule has 0 aliphatic rings. The molecule has 0 amide bonds. The van der Waals surface area contributed by atoms with Crippen LogP contribution < -0.4 is 4.74 Å². The van der Waals surface area contributed by atoms with Crippen LogP contribution in [0.2, 0.25) is 0 Å². The molecular weight excluding hydrogens is 214 g/mol. The van der Waals surface area contributed by atoms with Crippen molar-refractivity contribution in [3.05, 3.63) is 34.4 Å². The Balaban J connectivity index is 2.74. The molecule has 0 saturated carbocycles. The Labute approximate surface area is 91.0 Å². The molecule has 6 heteroatoms. The highest BCUT2D eigenvalue weighted by molar-refractivity contribution is 5.94. The van der Waals surface area contributed by atoms with Crippen molar-refractivity contribution in [1.82, 2.24) is 0 Å². The number of benzene rings is 1. The van der Waals surface area contributed by atoms with Gasteiger partial charge in [-0.1, -0.05) is 6.07 Å². The zero-order valence-corrected chi connectivity index (χ0v) is 8.50. The molecule has 1 rings (SSSR count). The van der Waals surface area contributed by atoms with E-state index in [1.54, 1.807) is 0 Å². The highest BCUT2D eigenvalue weighted by atomic mass is 16.6. The number of nitro benzene ring substituents is 1. The van der Waals surface area contributed by atoms with Gasteiger partial charge in [-0.3, -0.25) is 19.7 Å². The summed E-state index contributed by atoms with van der Waals surface area (Å²) in [5.74, 6) is -0.996. The minimum Gasteiger partial charge on any atom is -0.426 e. The average Bonchev–Trinajstić information content (AvgIpc) is 2.16. The number of ketones is 1. The van der Waals surface area contributed by atoms with Gasteiger partial charge in [0.2, 0.25) is 0 Å². The van der Waals surface area contributed by atoms with Crippen LogP contribution in [-0.4, -0.2) is 16.7 Å². The van der Waals surface area contributed by atoms with Gasteiger partial charge in [0.15, 0.2) is 0 Å². The first kappa shape index (κ1) is 11.8. The molecule has 0 saturated heterocycles. The maximum Gasteiger partial charge on any atom is 0.318 e. The van der Waals surface area contributed by atoms with Crippen molar-refractivity contribution in [3.63, 3.8) is 0 Å². The maximum absolute atomic E-state index is 11.1. The predicted octanol–water partition coefficient (Wildman–Crippen LogP) is 1.48. The van der Waals surface area contributed by atoms with E-state index >= 15 is 0 Å². The van der Waals surface area contributed by atoms with Crippen LogP contribution in [0.15, 0.2) is 24.3 Å². The van der Waals surface area contributed by atoms with Gasteiger partial charge in [0.05, 0.1) is 11.0 Å². The molecular formula is C10H9NO5. The van der Waals surface area contributed by atoms with Crippen LogP contribution in [0.4, 0.5) is 5.69 Å². The van der Waals surface area contributed by atoms with Crippen molar-refractivity contribution in [2.75, 3.05) is 0 Å². The average molecular weight is 223 g/mol. The second-order valence-electron chi connectivity index (χ2n) is 3.11. The monoisotopic (exact) mass is 223 g/mol. The van der Waals surface area contributed by atoms with Crippen LogP contribution >= 0.6 is 0 Å². The van der Waals surface area contributed by atoms with Crippen LogP contribution in [0.5, 0.6) is 5.75 Å². The number of non-ortho nitro benzene ring substituents is 1. The Kier molecular flexibility index (Phi) is 3.71. The first-order valence-electron chi connectivity index (χ1n) is 4.43. The van der Waals surface area contributed by atoms with Crippen LogP contribution in [0, 0.1) is 10.1 Å². The lowest BCUT2D eigenvalue weighted by Gasteiger charge is -2.01. The molecule has 1 aromatic carbocycles. The van der Waals surface area contributed by atoms with E-state index in [-0.39, 0.29) is 23.6 Å². The van der Waals surface area contributed by atoms with Gasteiger partial charge in [-0.05, 0) is 13.0 Å². The third-order valence-electron chi connectivity index (χ3n) is 1.65. The summed E-state index contributed by atoms with van der Waals surface area (Å²) in [4.78, 5) is 31.5. The van der Waals surface area contributed by atoms with Crippen molar-refractivity contribution in [2.24, 2.45) is 0 Å². The van der Waals surface area contributed by atoms with Crippen LogP contribution in [0.3, 0.4) is 0 Å². The van der Waals surface area contributed by atoms with Gasteiger partial charge in [0.1, 0.15) is 18.0 Å². The number of hydrogen-bond donors (Lipinski definition) is 0. The second kappa shape index (κ2) is 5.01. The van der Waals surface area contributed by atoms with Crippen LogP contribution in [0.1, 0.15) is 13.3 Å². The zero-order chi connectivity index (χ0) is 12.1. The van der Waals surface area contributed by atoms with E-state index in [1.165, 1.54) is 25.1 Å². The van der Waals surface area contributed by atoms with Gasteiger partial charge in [-0.25, -0.2) is 0 Å². The molecule has 0 aliphatic carbocycles. The Morgan fingerprint density at radius 1 is 1.44 bits per heavy atom. The molecule has 0 atom stereocenters. The number of esters is 1. The van der Waals surface area contributed by atoms with Crippen LogP contribution in [0.25, 0.3) is 0 Å². The van der Waals surface area contributed by atoms with Crippen molar-refractivity contribution >= 4 is 17.4 Å². The molecule has 0 aromatic heterocycles. The Morgan fingerprint density at radius 3 is 2.69 bits per heavy atom. The van der Waals surface area contributed by atoms with E-state index < -0.39 is 10.9 Å². The fraction of sp³-hybridized carbons (Fsp3) is 0.200. The number of nitro groups is 1. The van der Waals surface area contributed by atoms with Gasteiger partial charge in [-0.2, -0.15) is 0 Å². The molecule has 16 heavy (non-hydrogen) atoms. The normalized spacial score (nSPS) is 9.56. The summed E-state index contributed by atoms with van der Waals surface area (Å²) >= 11 is 0. The van der Waals surface area contributed by atoms with E-state index in [2.05, 4.69) is 0 Å². The lowest BCUT2D eigenvalue weighted by molar-refractivity contribution is -0.384. The number of ether oxygens (including phenoxy) is 1. The molecule has 0 N–H and O–H groups in total. The van der Waals surface area contributed by atoms with Crippen molar-refractivity contribution in [3.8, 4) is 5.75 Å². The molecule has 1 aromatic rings. The molecule has 6 nitrogen and oxygen atoms in total. The fourth-order valence-corrected chi connectivity index (χ4v) is 1.03. The summed E-state index contributed by atoms with van der Waals surface area (Å²) in [7, 11) is 0. The van der Waals surface area contributed by atoms with Crippen molar-refractivity contribution < 1.29 is 19.2 Å². The van der Waals surface area contributed by atoms with Gasteiger partial charge >= 0.3 is 5.97 Å². The van der Waals surface area contributed by atoms with Crippen LogP contribution in [-0.2, 0) is 9.59 Å². The summed E-state index contributed by atoms with van der Waals surface area (Å²) in [5.41, 5.74) is -0.173. The van der Waals surface area contributed by atoms with E-state index in [1.807, 2.05) is 0 Å². The number of Topliss-reactive ketones (excluding diaryl/α,β-unsaturated/α-hetero) is 1. The second-order valence-corrected chi connectivity index (χ2v) is 3.11. The molecule has 0 unspecified atom stereocenters. The summed E-state index contributed by atoms with van der Waals surface area (Å²) in [6.07, 6.45) is -0.345. The van der Waals surface area contributed by atoms with E-state index in [9.17, 15) is 19.7 Å². The third kappa shape index (κ3) is 3.49. The largest absolute Gasteiger partial charge is 0.426 e. The number of hydrogen-bond acceptors (Lipinski definition) is 5. The van der Waals surface area contributed by atoms with Gasteiger partial charge in [-0.15, -0.1) is 0 Å². The predicted molar refractivity (Wildman–Crippen MR) is 54.0 cm³/mol. The number of rotatable bonds is 4. The van der Waals surface area contributed by atoms with E-state index in [0.29, 0.717) is 0 Å². The quantitative estimate of drug-likeness (QED) is 0.253. The smallest absolute Gasteiger partial charge is 0.318 e. The molecule has 0 bridgehead atoms. The highest BCUT2D eigenvalue weighted by Gasteiger charge is 2.11. The SMILES string of the molecule is CC(=O)CC(=O)Oc1cccc([N+](=O)[O-])c1. The molecule has 0 fully saturated rings. The molecule has 0 spiro atoms. The van der Waals surface area contributed by atoms with Gasteiger partial charge in [0, 0.05) is 6.07 Å². The summed E-state index contributed by atoms with van der Waals surface area (Å²) in [6.45, 7) is 1.26. The minimum atomic E-state index is -0.729. The number of carbonyl (C=O) groups excluding carboxylic acids is 2. The van der Waals surface area contributed by atoms with Crippen molar-refractivity contribution in [2.45, 2.75) is 13.3 Å². The summed E-state index contributed by atoms with van der Waals surface area (Å²) in [5, 5.41) is 10.4. The molecule has 0 radical (unpaired) electrons. The van der Waals surface area contributed by atoms with Crippen molar-refractivity contribution in [1.29, 1.82) is 0 Å². The molecule has 84 valence electrons.